The number of hydrogen-bond donors (Lipinski definition) is 3. The molecule has 0 spiro atoms. The average molecular weight is 337 g/mol. The van der Waals surface area contributed by atoms with Gasteiger partial charge in [0.1, 0.15) is 5.82 Å². The first-order chi connectivity index (χ1) is 11.5. The molecule has 2 aromatic rings. The van der Waals surface area contributed by atoms with Gasteiger partial charge in [-0.05, 0) is 36.6 Å². The van der Waals surface area contributed by atoms with Crippen LogP contribution < -0.4 is 11.1 Å². The van der Waals surface area contributed by atoms with Crippen molar-refractivity contribution in [2.45, 2.75) is 50.8 Å². The Morgan fingerprint density at radius 3 is 2.71 bits per heavy atom. The van der Waals surface area contributed by atoms with Crippen LogP contribution in [0, 0.1) is 0 Å². The molecule has 2 heterocycles. The fourth-order valence-corrected chi connectivity index (χ4v) is 2.85. The Bertz CT molecular complexity index is 694. The molecular formula is C16H21F2N5O. The molecule has 2 aromatic heterocycles. The zero-order valence-electron chi connectivity index (χ0n) is 13.3. The van der Waals surface area contributed by atoms with E-state index in [-0.39, 0.29) is 25.5 Å². The highest BCUT2D eigenvalue weighted by atomic mass is 19.3. The molecule has 0 amide bonds. The van der Waals surface area contributed by atoms with Gasteiger partial charge < -0.3 is 16.2 Å². The van der Waals surface area contributed by atoms with Crippen LogP contribution in [0.25, 0.3) is 5.82 Å². The van der Waals surface area contributed by atoms with E-state index in [4.69, 9.17) is 10.8 Å². The van der Waals surface area contributed by atoms with Gasteiger partial charge in [0.05, 0.1) is 12.3 Å². The molecular weight excluding hydrogens is 316 g/mol. The highest BCUT2D eigenvalue weighted by Gasteiger charge is 2.34. The molecule has 0 atom stereocenters. The van der Waals surface area contributed by atoms with E-state index in [0.29, 0.717) is 36.7 Å². The van der Waals surface area contributed by atoms with Crippen LogP contribution in [0.1, 0.15) is 36.9 Å². The third kappa shape index (κ3) is 3.88. The van der Waals surface area contributed by atoms with Crippen molar-refractivity contribution in [3.05, 3.63) is 35.7 Å². The van der Waals surface area contributed by atoms with Crippen LogP contribution in [0.3, 0.4) is 0 Å². The Kier molecular flexibility index (Phi) is 4.77. The summed E-state index contributed by atoms with van der Waals surface area (Å²) in [4.78, 5) is 4.49. The van der Waals surface area contributed by atoms with Gasteiger partial charge in [-0.3, -0.25) is 0 Å². The molecule has 0 bridgehead atoms. The van der Waals surface area contributed by atoms with Crippen LogP contribution in [0.2, 0.25) is 0 Å². The molecule has 1 saturated carbocycles. The first-order valence-corrected chi connectivity index (χ1v) is 8.00. The van der Waals surface area contributed by atoms with Crippen LogP contribution in [-0.2, 0) is 13.2 Å². The van der Waals surface area contributed by atoms with E-state index >= 15 is 0 Å². The number of alkyl halides is 2. The third-order valence-corrected chi connectivity index (χ3v) is 4.22. The quantitative estimate of drug-likeness (QED) is 0.778. The second-order valence-corrected chi connectivity index (χ2v) is 6.11. The lowest BCUT2D eigenvalue weighted by atomic mass is 9.92. The summed E-state index contributed by atoms with van der Waals surface area (Å²) in [7, 11) is 0. The minimum atomic E-state index is -2.55. The topological polar surface area (TPSA) is 89.0 Å². The van der Waals surface area contributed by atoms with Gasteiger partial charge >= 0.3 is 0 Å². The summed E-state index contributed by atoms with van der Waals surface area (Å²) < 4.78 is 28.1. The number of aliphatic hydroxyl groups excluding tert-OH is 1. The van der Waals surface area contributed by atoms with Crippen molar-refractivity contribution >= 4 is 5.82 Å². The Morgan fingerprint density at radius 2 is 2.08 bits per heavy atom. The van der Waals surface area contributed by atoms with Gasteiger partial charge in [0.25, 0.3) is 0 Å². The smallest absolute Gasteiger partial charge is 0.248 e. The van der Waals surface area contributed by atoms with Gasteiger partial charge in [0.15, 0.2) is 5.82 Å². The molecule has 0 unspecified atom stereocenters. The molecule has 0 aromatic carbocycles. The molecule has 0 aliphatic heterocycles. The second-order valence-electron chi connectivity index (χ2n) is 6.11. The SMILES string of the molecule is NCc1cc(NC2CCC(F)(F)CC2)nc(-n2ccc(CO)n2)c1. The summed E-state index contributed by atoms with van der Waals surface area (Å²) in [6.07, 6.45) is 2.32. The summed E-state index contributed by atoms with van der Waals surface area (Å²) in [5.41, 5.74) is 7.15. The summed E-state index contributed by atoms with van der Waals surface area (Å²) >= 11 is 0. The predicted octanol–water partition coefficient (Wildman–Crippen LogP) is 2.21. The first kappa shape index (κ1) is 16.8. The lowest BCUT2D eigenvalue weighted by molar-refractivity contribution is -0.0361. The van der Waals surface area contributed by atoms with E-state index in [0.717, 1.165) is 5.56 Å². The van der Waals surface area contributed by atoms with Gasteiger partial charge in [-0.1, -0.05) is 0 Å². The molecule has 24 heavy (non-hydrogen) atoms. The molecule has 3 rings (SSSR count). The van der Waals surface area contributed by atoms with Crippen molar-refractivity contribution in [3.63, 3.8) is 0 Å². The molecule has 6 nitrogen and oxygen atoms in total. The number of rotatable bonds is 5. The van der Waals surface area contributed by atoms with Crippen LogP contribution in [0.4, 0.5) is 14.6 Å². The monoisotopic (exact) mass is 337 g/mol. The number of aliphatic hydroxyl groups is 1. The molecule has 0 radical (unpaired) electrons. The van der Waals surface area contributed by atoms with E-state index in [9.17, 15) is 8.78 Å². The number of halogens is 2. The number of nitrogens with one attached hydrogen (secondary N) is 1. The van der Waals surface area contributed by atoms with Gasteiger partial charge in [-0.2, -0.15) is 5.10 Å². The molecule has 130 valence electrons. The van der Waals surface area contributed by atoms with Crippen LogP contribution in [0.15, 0.2) is 24.4 Å². The van der Waals surface area contributed by atoms with Crippen molar-refractivity contribution in [1.82, 2.24) is 14.8 Å². The summed E-state index contributed by atoms with van der Waals surface area (Å²) in [5, 5.41) is 16.6. The number of aromatic nitrogens is 3. The van der Waals surface area contributed by atoms with Gasteiger partial charge in [-0.15, -0.1) is 0 Å². The number of nitrogens with zero attached hydrogens (tertiary/aromatic N) is 3. The predicted molar refractivity (Wildman–Crippen MR) is 86.0 cm³/mol. The fraction of sp³-hybridized carbons (Fsp3) is 0.500. The number of hydrogen-bond acceptors (Lipinski definition) is 5. The highest BCUT2D eigenvalue weighted by Crippen LogP contribution is 2.34. The summed E-state index contributed by atoms with van der Waals surface area (Å²) in [6, 6.07) is 5.32. The average Bonchev–Trinajstić information content (AvgIpc) is 3.06. The van der Waals surface area contributed by atoms with Gasteiger partial charge in [0, 0.05) is 31.6 Å². The Morgan fingerprint density at radius 1 is 1.33 bits per heavy atom. The van der Waals surface area contributed by atoms with Crippen molar-refractivity contribution in [1.29, 1.82) is 0 Å². The van der Waals surface area contributed by atoms with E-state index < -0.39 is 5.92 Å². The zero-order chi connectivity index (χ0) is 17.2. The lowest BCUT2D eigenvalue weighted by Crippen LogP contribution is -2.32. The van der Waals surface area contributed by atoms with Crippen LogP contribution in [0.5, 0.6) is 0 Å². The minimum absolute atomic E-state index is 0.0244. The van der Waals surface area contributed by atoms with E-state index in [2.05, 4.69) is 15.4 Å². The third-order valence-electron chi connectivity index (χ3n) is 4.22. The van der Waals surface area contributed by atoms with Crippen LogP contribution in [-0.4, -0.2) is 31.8 Å². The standard InChI is InChI=1S/C16H21F2N5O/c17-16(18)4-1-12(2-5-16)20-14-7-11(9-19)8-15(21-14)23-6-3-13(10-24)22-23/h3,6-8,12,24H,1-2,4-5,9-10,19H2,(H,20,21). The lowest BCUT2D eigenvalue weighted by Gasteiger charge is -2.29. The van der Waals surface area contributed by atoms with Crippen molar-refractivity contribution in [2.75, 3.05) is 5.32 Å². The zero-order valence-corrected chi connectivity index (χ0v) is 13.3. The van der Waals surface area contributed by atoms with Crippen molar-refractivity contribution < 1.29 is 13.9 Å². The minimum Gasteiger partial charge on any atom is -0.390 e. The number of nitrogens with two attached hydrogens (primary N) is 1. The van der Waals surface area contributed by atoms with E-state index in [1.54, 1.807) is 16.9 Å². The van der Waals surface area contributed by atoms with E-state index in [1.807, 2.05) is 12.1 Å². The molecule has 1 fully saturated rings. The molecule has 0 saturated heterocycles. The highest BCUT2D eigenvalue weighted by molar-refractivity contribution is 5.44. The first-order valence-electron chi connectivity index (χ1n) is 8.00. The molecule has 1 aliphatic carbocycles. The van der Waals surface area contributed by atoms with Crippen LogP contribution >= 0.6 is 0 Å². The normalized spacial score (nSPS) is 17.8. The summed E-state index contributed by atoms with van der Waals surface area (Å²) in [5.74, 6) is -1.38. The molecule has 8 heteroatoms. The Hall–Kier alpha value is -2.06. The number of pyridine rings is 1. The molecule has 4 N–H and O–H groups in total. The maximum Gasteiger partial charge on any atom is 0.248 e. The fourth-order valence-electron chi connectivity index (χ4n) is 2.85. The second kappa shape index (κ2) is 6.82. The Labute approximate surface area is 138 Å². The maximum absolute atomic E-state index is 13.3. The Balaban J connectivity index is 1.79. The molecule has 1 aliphatic rings. The van der Waals surface area contributed by atoms with Crippen molar-refractivity contribution in [3.8, 4) is 5.82 Å². The van der Waals surface area contributed by atoms with Gasteiger partial charge in [0.2, 0.25) is 5.92 Å². The maximum atomic E-state index is 13.3. The van der Waals surface area contributed by atoms with E-state index in [1.165, 1.54) is 0 Å². The summed E-state index contributed by atoms with van der Waals surface area (Å²) in [6.45, 7) is 0.187. The van der Waals surface area contributed by atoms with Crippen molar-refractivity contribution in [2.24, 2.45) is 5.73 Å². The largest absolute Gasteiger partial charge is 0.390 e. The number of anilines is 1. The van der Waals surface area contributed by atoms with Gasteiger partial charge in [-0.25, -0.2) is 18.4 Å².